The van der Waals surface area contributed by atoms with Crippen molar-refractivity contribution in [3.63, 3.8) is 0 Å². The standard InChI is InChI=1S/C23H33N3O4/c1-28-21-4-3-18(13-26-14-19(12-24)15-26)11-22(21)29-17-20(27)16-25-8-6-23(7-9-25)5-2-10-30-23/h3-4,11,19-20,27H,2,5-10,13-17H2,1H3. The van der Waals surface area contributed by atoms with Crippen LogP contribution in [0.1, 0.15) is 31.2 Å². The maximum Gasteiger partial charge on any atom is 0.161 e. The van der Waals surface area contributed by atoms with Crippen molar-refractivity contribution in [1.29, 1.82) is 5.26 Å². The third-order valence-corrected chi connectivity index (χ3v) is 6.63. The van der Waals surface area contributed by atoms with Crippen LogP contribution in [0.15, 0.2) is 18.2 Å². The molecule has 0 bridgehead atoms. The number of nitrogens with zero attached hydrogens (tertiary/aromatic N) is 3. The number of hydrogen-bond donors (Lipinski definition) is 1. The van der Waals surface area contributed by atoms with E-state index in [4.69, 9.17) is 19.5 Å². The fraction of sp³-hybridized carbons (Fsp3) is 0.696. The number of rotatable bonds is 8. The number of nitriles is 1. The number of β-amino-alcohol motifs (C(OH)–C–C–N with tert-alkyl or cyclic N) is 1. The summed E-state index contributed by atoms with van der Waals surface area (Å²) in [5.74, 6) is 1.48. The molecule has 1 unspecified atom stereocenters. The van der Waals surface area contributed by atoms with Gasteiger partial charge in [0.05, 0.1) is 24.7 Å². The lowest BCUT2D eigenvalue weighted by Crippen LogP contribution is -2.47. The minimum atomic E-state index is -0.552. The first kappa shape index (κ1) is 21.4. The van der Waals surface area contributed by atoms with Crippen molar-refractivity contribution in [3.8, 4) is 17.6 Å². The summed E-state index contributed by atoms with van der Waals surface area (Å²) >= 11 is 0. The zero-order valence-corrected chi connectivity index (χ0v) is 17.9. The quantitative estimate of drug-likeness (QED) is 0.696. The number of aliphatic hydroxyl groups is 1. The van der Waals surface area contributed by atoms with Gasteiger partial charge in [-0.3, -0.25) is 4.90 Å². The summed E-state index contributed by atoms with van der Waals surface area (Å²) < 4.78 is 17.4. The molecule has 1 N–H and O–H groups in total. The molecular formula is C23H33N3O4. The fourth-order valence-corrected chi connectivity index (χ4v) is 4.80. The highest BCUT2D eigenvalue weighted by molar-refractivity contribution is 5.43. The number of piperidine rings is 1. The van der Waals surface area contributed by atoms with Crippen molar-refractivity contribution in [3.05, 3.63) is 23.8 Å². The van der Waals surface area contributed by atoms with E-state index in [1.54, 1.807) is 7.11 Å². The summed E-state index contributed by atoms with van der Waals surface area (Å²) in [5, 5.41) is 19.5. The minimum Gasteiger partial charge on any atom is -0.493 e. The van der Waals surface area contributed by atoms with Gasteiger partial charge in [0, 0.05) is 45.9 Å². The molecule has 0 saturated carbocycles. The Morgan fingerprint density at radius 2 is 2.03 bits per heavy atom. The van der Waals surface area contributed by atoms with Crippen LogP contribution in [0, 0.1) is 17.2 Å². The molecule has 7 heteroatoms. The number of ether oxygens (including phenoxy) is 3. The van der Waals surface area contributed by atoms with Gasteiger partial charge in [-0.25, -0.2) is 0 Å². The topological polar surface area (TPSA) is 78.2 Å². The monoisotopic (exact) mass is 415 g/mol. The smallest absolute Gasteiger partial charge is 0.161 e. The second-order valence-corrected chi connectivity index (χ2v) is 8.91. The predicted octanol–water partition coefficient (Wildman–Crippen LogP) is 2.04. The number of likely N-dealkylation sites (tertiary alicyclic amines) is 2. The second-order valence-electron chi connectivity index (χ2n) is 8.91. The predicted molar refractivity (Wildman–Crippen MR) is 112 cm³/mol. The Kier molecular flexibility index (Phi) is 6.79. The summed E-state index contributed by atoms with van der Waals surface area (Å²) in [4.78, 5) is 4.55. The van der Waals surface area contributed by atoms with Crippen molar-refractivity contribution >= 4 is 0 Å². The van der Waals surface area contributed by atoms with Crippen LogP contribution < -0.4 is 9.47 Å². The van der Waals surface area contributed by atoms with Crippen LogP contribution in [0.4, 0.5) is 0 Å². The maximum absolute atomic E-state index is 10.5. The number of methoxy groups -OCH3 is 1. The van der Waals surface area contributed by atoms with E-state index in [2.05, 4.69) is 15.9 Å². The van der Waals surface area contributed by atoms with E-state index in [1.807, 2.05) is 18.2 Å². The Labute approximate surface area is 179 Å². The highest BCUT2D eigenvalue weighted by Gasteiger charge is 2.38. The number of benzene rings is 1. The third kappa shape index (κ3) is 5.06. The molecule has 3 aliphatic rings. The zero-order valence-electron chi connectivity index (χ0n) is 17.9. The molecule has 1 aromatic carbocycles. The number of aliphatic hydroxyl groups excluding tert-OH is 1. The second kappa shape index (κ2) is 9.52. The molecule has 4 rings (SSSR count). The Hall–Kier alpha value is -1.85. The van der Waals surface area contributed by atoms with E-state index in [1.165, 1.54) is 12.8 Å². The van der Waals surface area contributed by atoms with Crippen LogP contribution in [0.2, 0.25) is 0 Å². The van der Waals surface area contributed by atoms with Gasteiger partial charge < -0.3 is 24.2 Å². The molecule has 1 atom stereocenters. The molecular weight excluding hydrogens is 382 g/mol. The normalized spacial score (nSPS) is 23.1. The lowest BCUT2D eigenvalue weighted by molar-refractivity contribution is -0.0512. The molecule has 3 saturated heterocycles. The Morgan fingerprint density at radius 1 is 1.23 bits per heavy atom. The van der Waals surface area contributed by atoms with Gasteiger partial charge in [-0.2, -0.15) is 5.26 Å². The van der Waals surface area contributed by atoms with Gasteiger partial charge in [0.25, 0.3) is 0 Å². The molecule has 30 heavy (non-hydrogen) atoms. The SMILES string of the molecule is COc1ccc(CN2CC(C#N)C2)cc1OCC(O)CN1CCC2(CCCO2)CC1. The first-order chi connectivity index (χ1) is 14.6. The number of hydrogen-bond acceptors (Lipinski definition) is 7. The average molecular weight is 416 g/mol. The molecule has 3 heterocycles. The van der Waals surface area contributed by atoms with Crippen LogP contribution in [0.25, 0.3) is 0 Å². The highest BCUT2D eigenvalue weighted by atomic mass is 16.5. The summed E-state index contributed by atoms with van der Waals surface area (Å²) in [6, 6.07) is 8.21. The first-order valence-electron chi connectivity index (χ1n) is 11.1. The Morgan fingerprint density at radius 3 is 2.70 bits per heavy atom. The molecule has 3 aliphatic heterocycles. The summed E-state index contributed by atoms with van der Waals surface area (Å²) in [5.41, 5.74) is 1.23. The summed E-state index contributed by atoms with van der Waals surface area (Å²) in [7, 11) is 1.62. The maximum atomic E-state index is 10.5. The van der Waals surface area contributed by atoms with E-state index >= 15 is 0 Å². The molecule has 1 spiro atoms. The summed E-state index contributed by atoms with van der Waals surface area (Å²) in [6.45, 7) is 6.11. The van der Waals surface area contributed by atoms with Crippen LogP contribution in [-0.2, 0) is 11.3 Å². The first-order valence-corrected chi connectivity index (χ1v) is 11.1. The third-order valence-electron chi connectivity index (χ3n) is 6.63. The molecule has 7 nitrogen and oxygen atoms in total. The van der Waals surface area contributed by atoms with E-state index in [0.717, 1.165) is 57.7 Å². The van der Waals surface area contributed by atoms with Crippen molar-refractivity contribution in [2.24, 2.45) is 5.92 Å². The molecule has 164 valence electrons. The van der Waals surface area contributed by atoms with Crippen molar-refractivity contribution < 1.29 is 19.3 Å². The van der Waals surface area contributed by atoms with Gasteiger partial charge in [0.2, 0.25) is 0 Å². The molecule has 1 aromatic rings. The fourth-order valence-electron chi connectivity index (χ4n) is 4.80. The van der Waals surface area contributed by atoms with E-state index in [9.17, 15) is 5.11 Å². The van der Waals surface area contributed by atoms with Gasteiger partial charge in [-0.05, 0) is 43.4 Å². The van der Waals surface area contributed by atoms with Crippen molar-refractivity contribution in [2.75, 3.05) is 53.0 Å². The largest absolute Gasteiger partial charge is 0.493 e. The lowest BCUT2D eigenvalue weighted by Gasteiger charge is -2.39. The van der Waals surface area contributed by atoms with E-state index < -0.39 is 6.10 Å². The van der Waals surface area contributed by atoms with Gasteiger partial charge in [-0.1, -0.05) is 6.07 Å². The average Bonchev–Trinajstić information content (AvgIpc) is 3.19. The molecule has 0 radical (unpaired) electrons. The Bertz CT molecular complexity index is 743. The molecule has 3 fully saturated rings. The lowest BCUT2D eigenvalue weighted by atomic mass is 9.88. The Balaban J connectivity index is 1.25. The highest BCUT2D eigenvalue weighted by Crippen LogP contribution is 2.35. The van der Waals surface area contributed by atoms with Crippen molar-refractivity contribution in [2.45, 2.75) is 43.9 Å². The molecule has 0 aromatic heterocycles. The van der Waals surface area contributed by atoms with Gasteiger partial charge >= 0.3 is 0 Å². The van der Waals surface area contributed by atoms with Crippen LogP contribution >= 0.6 is 0 Å². The van der Waals surface area contributed by atoms with E-state index in [0.29, 0.717) is 18.0 Å². The van der Waals surface area contributed by atoms with Gasteiger partial charge in [0.1, 0.15) is 12.7 Å². The van der Waals surface area contributed by atoms with Crippen LogP contribution in [0.5, 0.6) is 11.5 Å². The van der Waals surface area contributed by atoms with Gasteiger partial charge in [0.15, 0.2) is 11.5 Å². The molecule has 0 amide bonds. The van der Waals surface area contributed by atoms with Crippen LogP contribution in [-0.4, -0.2) is 79.7 Å². The summed E-state index contributed by atoms with van der Waals surface area (Å²) in [6.07, 6.45) is 3.91. The van der Waals surface area contributed by atoms with Gasteiger partial charge in [-0.15, -0.1) is 0 Å². The van der Waals surface area contributed by atoms with Crippen molar-refractivity contribution in [1.82, 2.24) is 9.80 Å². The minimum absolute atomic E-state index is 0.107. The van der Waals surface area contributed by atoms with Crippen LogP contribution in [0.3, 0.4) is 0 Å². The molecule has 0 aliphatic carbocycles. The zero-order chi connectivity index (χ0) is 21.0. The van der Waals surface area contributed by atoms with E-state index in [-0.39, 0.29) is 18.1 Å².